The zero-order valence-corrected chi connectivity index (χ0v) is 83.5. The van der Waals surface area contributed by atoms with E-state index >= 15 is 0 Å². The van der Waals surface area contributed by atoms with E-state index in [9.17, 15) is 106 Å². The number of nitrogens with zero attached hydrogens (tertiary/aromatic N) is 5. The van der Waals surface area contributed by atoms with E-state index in [2.05, 4.69) is 26.6 Å². The number of carbonyl (C=O) groups is 5. The summed E-state index contributed by atoms with van der Waals surface area (Å²) in [5.74, 6) is -14.1. The fourth-order valence-corrected chi connectivity index (χ4v) is 24.4. The van der Waals surface area contributed by atoms with Gasteiger partial charge < -0.3 is 50.3 Å². The van der Waals surface area contributed by atoms with E-state index in [1.165, 1.54) is 65.8 Å². The Kier molecular flexibility index (Phi) is 39.1. The highest BCUT2D eigenvalue weighted by molar-refractivity contribution is 7.90. The van der Waals surface area contributed by atoms with Gasteiger partial charge in [0.2, 0.25) is 50.1 Å². The quantitative estimate of drug-likeness (QED) is 0.0349. The number of carbonyl (C=O) groups excluding carboxylic acids is 5. The van der Waals surface area contributed by atoms with Crippen molar-refractivity contribution in [2.75, 3.05) is 158 Å². The predicted octanol–water partition coefficient (Wildman–Crippen LogP) is 18.2. The number of amides is 5. The molecule has 10 aromatic rings. The minimum atomic E-state index is -4.04. The molecule has 140 heavy (non-hydrogen) atoms. The number of hydrogen-bond donors (Lipinski definition) is 5. The molecule has 750 valence electrons. The van der Waals surface area contributed by atoms with Gasteiger partial charge in [-0.15, -0.1) is 0 Å². The van der Waals surface area contributed by atoms with Crippen LogP contribution in [0.3, 0.4) is 0 Å². The average molecular weight is 2270 g/mol. The maximum absolute atomic E-state index is 13.6. The highest BCUT2D eigenvalue weighted by Crippen LogP contribution is 2.40. The molecule has 0 aliphatic carbocycles. The van der Waals surface area contributed by atoms with Gasteiger partial charge in [-0.1, -0.05) is 140 Å². The minimum absolute atomic E-state index is 0.0187. The van der Waals surface area contributed by atoms with E-state index in [-0.39, 0.29) is 262 Å². The molecule has 5 aliphatic heterocycles. The summed E-state index contributed by atoms with van der Waals surface area (Å²) in [6, 6.07) is 27.3. The largest absolute Gasteiger partial charge is 0.379 e. The molecule has 0 unspecified atom stereocenters. The van der Waals surface area contributed by atoms with Gasteiger partial charge in [0.25, 0.3) is 29.5 Å². The predicted molar refractivity (Wildman–Crippen MR) is 507 cm³/mol. The van der Waals surface area contributed by atoms with Crippen molar-refractivity contribution in [2.45, 2.75) is 24.5 Å². The fourth-order valence-electron chi connectivity index (χ4n) is 13.1. The summed E-state index contributed by atoms with van der Waals surface area (Å²) < 4.78 is 280. The molecule has 5 fully saturated rings. The summed E-state index contributed by atoms with van der Waals surface area (Å²) in [6.45, 7) is 3.99. The summed E-state index contributed by atoms with van der Waals surface area (Å²) in [4.78, 5) is 61.2. The van der Waals surface area contributed by atoms with Crippen LogP contribution in [0.15, 0.2) is 176 Å². The van der Waals surface area contributed by atoms with Crippen LogP contribution < -0.4 is 26.6 Å². The van der Waals surface area contributed by atoms with Crippen molar-refractivity contribution in [3.8, 4) is 0 Å². The second kappa shape index (κ2) is 48.9. The Morgan fingerprint density at radius 2 is 0.443 bits per heavy atom. The molecule has 0 radical (unpaired) electrons. The Labute approximate surface area is 849 Å². The fraction of sp³-hybridized carbons (Fsp3) is 0.235. The topological polar surface area (TPSA) is 379 Å². The summed E-state index contributed by atoms with van der Waals surface area (Å²) >= 11 is 66.0. The molecule has 5 saturated heterocycles. The number of halogens is 20. The number of sulfonamides is 5. The third kappa shape index (κ3) is 28.0. The SMILES string of the molecule is O=C(Nc1cc(F)c(Cl)c(F)c1)c1cc(S(=O)(=O)N2CCOCC2)c(Cl)cc1Cl.O=C(Nc1cc(F)c(F)c(F)c1)c1cc(S(=O)(=O)N2CCOCC2)c(Cl)cc1Cl.O=C(Nc1ccc(F)c(F)c1)c1cc(S(=O)(=O)N2CCOCC2)c(Cl)cc1Cl.O=C(Nc1cccc(F)c1)c1cc(S(=O)(=O)N2CCOCC2)c(Cl)cc1Cl.O=C(Nc1cccc(F)c1)c1cc(S(=O)(=O)N2CCOCC2)c(Cl)cc1Cl. The second-order valence-electron chi connectivity index (χ2n) is 29.3. The summed E-state index contributed by atoms with van der Waals surface area (Å²) in [7, 11) is -19.9. The molecule has 30 nitrogen and oxygen atoms in total. The molecular weight excluding hydrogens is 2200 g/mol. The van der Waals surface area contributed by atoms with E-state index in [4.69, 9.17) is 151 Å². The maximum atomic E-state index is 13.6. The van der Waals surface area contributed by atoms with Gasteiger partial charge in [0.1, 0.15) is 52.8 Å². The Hall–Kier alpha value is -8.54. The van der Waals surface area contributed by atoms with Crippen molar-refractivity contribution >= 4 is 236 Å². The average Bonchev–Trinajstić information content (AvgIpc) is 0.789. The monoisotopic (exact) mass is 2270 g/mol. The van der Waals surface area contributed by atoms with Crippen molar-refractivity contribution < 1.29 is 129 Å². The second-order valence-corrected chi connectivity index (χ2v) is 43.3. The van der Waals surface area contributed by atoms with Crippen LogP contribution in [0.4, 0.5) is 68.0 Å². The Bertz CT molecular complexity index is 6680. The Balaban J connectivity index is 0.000000167. The Morgan fingerprint density at radius 1 is 0.236 bits per heavy atom. The molecule has 0 aromatic heterocycles. The first kappa shape index (κ1) is 112. The number of anilines is 5. The molecule has 0 bridgehead atoms. The molecular formula is C85H70Cl11F9N10O20S5. The molecule has 15 rings (SSSR count). The van der Waals surface area contributed by atoms with Gasteiger partial charge in [-0.2, -0.15) is 21.5 Å². The molecule has 5 heterocycles. The van der Waals surface area contributed by atoms with E-state index in [1.807, 2.05) is 0 Å². The van der Waals surface area contributed by atoms with Gasteiger partial charge >= 0.3 is 0 Å². The summed E-state index contributed by atoms with van der Waals surface area (Å²) in [6.07, 6.45) is 0. The first-order valence-corrected chi connectivity index (χ1v) is 51.5. The van der Waals surface area contributed by atoms with Crippen LogP contribution in [0.5, 0.6) is 0 Å². The first-order valence-electron chi connectivity index (χ1n) is 40.2. The van der Waals surface area contributed by atoms with E-state index in [1.54, 1.807) is 0 Å². The lowest BCUT2D eigenvalue weighted by Gasteiger charge is -2.26. The van der Waals surface area contributed by atoms with Gasteiger partial charge in [0.05, 0.1) is 144 Å². The van der Waals surface area contributed by atoms with Gasteiger partial charge in [-0.25, -0.2) is 81.6 Å². The van der Waals surface area contributed by atoms with Crippen LogP contribution >= 0.6 is 128 Å². The summed E-state index contributed by atoms with van der Waals surface area (Å²) in [5.41, 5.74) is -1.09. The van der Waals surface area contributed by atoms with E-state index < -0.39 is 137 Å². The van der Waals surface area contributed by atoms with Crippen molar-refractivity contribution in [2.24, 2.45) is 0 Å². The number of hydrogen-bond acceptors (Lipinski definition) is 20. The highest BCUT2D eigenvalue weighted by atomic mass is 35.5. The van der Waals surface area contributed by atoms with Crippen molar-refractivity contribution in [1.82, 2.24) is 21.5 Å². The molecule has 0 spiro atoms. The molecule has 5 amide bonds. The van der Waals surface area contributed by atoms with Crippen LogP contribution in [0.2, 0.25) is 55.2 Å². The standard InChI is InChI=1S/C17H13Cl3F2N2O4S.C17H13Cl2F3N2O4S.C17H14Cl2F2N2O4S.2C17H15Cl2FN2O4S/c18-11-8-12(19)15(29(26,27)24-1-3-28-4-2-24)7-10(11)17(25)23-9-5-13(21)16(20)14(22)6-9;18-11-8-12(19)15(29(26,27)24-1-3-28-4-2-24)7-10(11)17(25)23-9-5-13(20)16(22)14(21)6-9;18-12-9-13(19)16(28(25,26)23-3-5-27-6-4-23)8-11(12)17(24)22-10-1-2-14(20)15(21)7-10;2*18-14-10-15(19)16(27(24,25)22-4-6-26-7-5-22)9-13(14)17(23)21-12-3-1-2-11(20)8-12/h2*5-8H,1-4H2,(H,23,25);1-2,7-9H,3-6H2,(H,22,24);2*1-3,8-10H,4-7H2,(H,21,23). The number of rotatable bonds is 20. The normalized spacial score (nSPS) is 15.4. The smallest absolute Gasteiger partial charge is 0.257 e. The third-order valence-corrected chi connectivity index (χ3v) is 33.8. The van der Waals surface area contributed by atoms with Crippen LogP contribution in [0, 0.1) is 52.4 Å². The number of nitrogens with one attached hydrogen (secondary N) is 5. The Morgan fingerprint density at radius 3 is 0.664 bits per heavy atom. The minimum Gasteiger partial charge on any atom is -0.379 e. The van der Waals surface area contributed by atoms with E-state index in [0.717, 1.165) is 95.3 Å². The van der Waals surface area contributed by atoms with Gasteiger partial charge in [0, 0.05) is 112 Å². The number of benzene rings is 10. The number of ether oxygens (including phenoxy) is 5. The molecule has 55 heteroatoms. The van der Waals surface area contributed by atoms with E-state index in [0.29, 0.717) is 12.1 Å². The zero-order chi connectivity index (χ0) is 102. The maximum Gasteiger partial charge on any atom is 0.257 e. The van der Waals surface area contributed by atoms with Gasteiger partial charge in [0.15, 0.2) is 29.1 Å². The molecule has 0 atom stereocenters. The lowest BCUT2D eigenvalue weighted by atomic mass is 10.2. The molecule has 10 aromatic carbocycles. The highest BCUT2D eigenvalue weighted by Gasteiger charge is 2.37. The molecule has 5 N–H and O–H groups in total. The molecule has 0 saturated carbocycles. The van der Waals surface area contributed by atoms with Crippen LogP contribution in [0.1, 0.15) is 51.8 Å². The zero-order valence-electron chi connectivity index (χ0n) is 71.1. The van der Waals surface area contributed by atoms with Crippen molar-refractivity contribution in [3.63, 3.8) is 0 Å². The number of morpholine rings is 5. The van der Waals surface area contributed by atoms with Crippen LogP contribution in [-0.4, -0.2) is 225 Å². The van der Waals surface area contributed by atoms with Gasteiger partial charge in [-0.05, 0) is 121 Å². The van der Waals surface area contributed by atoms with Crippen molar-refractivity contribution in [1.29, 1.82) is 0 Å². The third-order valence-electron chi connectivity index (χ3n) is 20.1. The lowest BCUT2D eigenvalue weighted by molar-refractivity contribution is 0.0730. The first-order chi connectivity index (χ1) is 66.0. The lowest BCUT2D eigenvalue weighted by Crippen LogP contribution is -2.40. The molecule has 5 aliphatic rings. The summed E-state index contributed by atoms with van der Waals surface area (Å²) in [5, 5.41) is 9.86. The van der Waals surface area contributed by atoms with Gasteiger partial charge in [-0.3, -0.25) is 24.0 Å². The van der Waals surface area contributed by atoms with Crippen LogP contribution in [0.25, 0.3) is 0 Å². The van der Waals surface area contributed by atoms with Crippen molar-refractivity contribution in [3.05, 3.63) is 287 Å². The van der Waals surface area contributed by atoms with Crippen LogP contribution in [-0.2, 0) is 73.8 Å².